The maximum atomic E-state index is 12.2. The van der Waals surface area contributed by atoms with E-state index < -0.39 is 0 Å². The molecule has 0 aromatic heterocycles. The van der Waals surface area contributed by atoms with Gasteiger partial charge < -0.3 is 15.5 Å². The van der Waals surface area contributed by atoms with Crippen molar-refractivity contribution < 1.29 is 9.59 Å². The molecule has 2 amide bonds. The molecule has 2 aliphatic heterocycles. The molecule has 0 bridgehead atoms. The van der Waals surface area contributed by atoms with Gasteiger partial charge in [-0.1, -0.05) is 6.92 Å². The van der Waals surface area contributed by atoms with Crippen molar-refractivity contribution in [1.29, 1.82) is 0 Å². The fraction of sp³-hybridized carbons (Fsp3) is 0.846. The van der Waals surface area contributed by atoms with Crippen LogP contribution < -0.4 is 10.6 Å². The van der Waals surface area contributed by atoms with Crippen molar-refractivity contribution in [3.8, 4) is 0 Å². The van der Waals surface area contributed by atoms with E-state index in [4.69, 9.17) is 0 Å². The Bertz CT molecular complexity index is 338. The Morgan fingerprint density at radius 3 is 2.84 bits per heavy atom. The maximum absolute atomic E-state index is 12.2. The molecule has 3 unspecified atom stereocenters. The minimum absolute atomic E-state index is 0. The zero-order valence-electron chi connectivity index (χ0n) is 11.6. The third-order valence-corrected chi connectivity index (χ3v) is 4.08. The molecule has 2 saturated heterocycles. The number of nitrogens with zero attached hydrogens (tertiary/aromatic N) is 1. The molecule has 2 heterocycles. The van der Waals surface area contributed by atoms with Crippen LogP contribution in [-0.4, -0.2) is 48.9 Å². The predicted molar refractivity (Wildman–Crippen MR) is 76.2 cm³/mol. The highest BCUT2D eigenvalue weighted by molar-refractivity contribution is 5.89. The van der Waals surface area contributed by atoms with Crippen LogP contribution in [0.25, 0.3) is 0 Å². The number of halogens is 1. The summed E-state index contributed by atoms with van der Waals surface area (Å²) in [6.07, 6.45) is 1.35. The van der Waals surface area contributed by atoms with Crippen molar-refractivity contribution in [1.82, 2.24) is 15.5 Å². The third kappa shape index (κ3) is 3.83. The van der Waals surface area contributed by atoms with Gasteiger partial charge in [-0.3, -0.25) is 9.59 Å². The molecule has 0 aliphatic carbocycles. The fourth-order valence-corrected chi connectivity index (χ4v) is 2.78. The number of hydrogen-bond acceptors (Lipinski definition) is 3. The summed E-state index contributed by atoms with van der Waals surface area (Å²) in [5, 5.41) is 6.43. The predicted octanol–water partition coefficient (Wildman–Crippen LogP) is 0.391. The summed E-state index contributed by atoms with van der Waals surface area (Å²) < 4.78 is 0. The average Bonchev–Trinajstić information content (AvgIpc) is 2.73. The Kier molecular flexibility index (Phi) is 6.07. The molecule has 5 nitrogen and oxygen atoms in total. The second kappa shape index (κ2) is 7.10. The lowest BCUT2D eigenvalue weighted by Crippen LogP contribution is -2.50. The number of piperidine rings is 1. The number of carbonyl (C=O) groups excluding carboxylic acids is 2. The summed E-state index contributed by atoms with van der Waals surface area (Å²) in [7, 11) is 0. The number of likely N-dealkylation sites (tertiary alicyclic amines) is 1. The van der Waals surface area contributed by atoms with Crippen molar-refractivity contribution in [2.24, 2.45) is 11.8 Å². The van der Waals surface area contributed by atoms with E-state index in [2.05, 4.69) is 17.6 Å². The lowest BCUT2D eigenvalue weighted by atomic mass is 9.94. The highest BCUT2D eigenvalue weighted by Crippen LogP contribution is 2.19. The van der Waals surface area contributed by atoms with E-state index in [9.17, 15) is 9.59 Å². The van der Waals surface area contributed by atoms with Gasteiger partial charge in [0.15, 0.2) is 0 Å². The first-order valence-corrected chi connectivity index (χ1v) is 6.90. The van der Waals surface area contributed by atoms with Crippen molar-refractivity contribution in [2.75, 3.05) is 26.2 Å². The quantitative estimate of drug-likeness (QED) is 0.790. The summed E-state index contributed by atoms with van der Waals surface area (Å²) in [6, 6.07) is 0.254. The van der Waals surface area contributed by atoms with Gasteiger partial charge in [-0.15, -0.1) is 12.4 Å². The monoisotopic (exact) mass is 289 g/mol. The third-order valence-electron chi connectivity index (χ3n) is 4.08. The minimum Gasteiger partial charge on any atom is -0.353 e. The van der Waals surface area contributed by atoms with Crippen LogP contribution in [0.5, 0.6) is 0 Å². The molecule has 0 saturated carbocycles. The van der Waals surface area contributed by atoms with Gasteiger partial charge in [-0.2, -0.15) is 0 Å². The molecular formula is C13H24ClN3O2. The van der Waals surface area contributed by atoms with Crippen LogP contribution in [0.15, 0.2) is 0 Å². The standard InChI is InChI=1S/C13H23N3O2.ClH/c1-3-16-8-10(6-12(16)17)13(18)15-11-4-5-14-7-9(11)2;/h9-11,14H,3-8H2,1-2H3,(H,15,18);1H. The van der Waals surface area contributed by atoms with Crippen LogP contribution in [-0.2, 0) is 9.59 Å². The van der Waals surface area contributed by atoms with E-state index in [0.29, 0.717) is 25.4 Å². The number of carbonyl (C=O) groups is 2. The summed E-state index contributed by atoms with van der Waals surface area (Å²) in [4.78, 5) is 25.5. The normalized spacial score (nSPS) is 30.9. The minimum atomic E-state index is -0.153. The van der Waals surface area contributed by atoms with Crippen molar-refractivity contribution in [3.63, 3.8) is 0 Å². The lowest BCUT2D eigenvalue weighted by molar-refractivity contribution is -0.129. The smallest absolute Gasteiger partial charge is 0.225 e. The molecule has 110 valence electrons. The summed E-state index contributed by atoms with van der Waals surface area (Å²) in [6.45, 7) is 7.30. The molecular weight excluding hydrogens is 266 g/mol. The van der Waals surface area contributed by atoms with Crippen molar-refractivity contribution in [2.45, 2.75) is 32.7 Å². The van der Waals surface area contributed by atoms with E-state index >= 15 is 0 Å². The Morgan fingerprint density at radius 2 is 2.26 bits per heavy atom. The highest BCUT2D eigenvalue weighted by Gasteiger charge is 2.35. The van der Waals surface area contributed by atoms with Crippen LogP contribution in [0.3, 0.4) is 0 Å². The topological polar surface area (TPSA) is 61.4 Å². The highest BCUT2D eigenvalue weighted by atomic mass is 35.5. The van der Waals surface area contributed by atoms with Gasteiger partial charge in [-0.25, -0.2) is 0 Å². The molecule has 0 aromatic carbocycles. The molecule has 6 heteroatoms. The van der Waals surface area contributed by atoms with Gasteiger partial charge >= 0.3 is 0 Å². The molecule has 2 aliphatic rings. The summed E-state index contributed by atoms with van der Waals surface area (Å²) in [5.41, 5.74) is 0. The van der Waals surface area contributed by atoms with Gasteiger partial charge in [0, 0.05) is 25.6 Å². The average molecular weight is 290 g/mol. The first kappa shape index (κ1) is 16.2. The summed E-state index contributed by atoms with van der Waals surface area (Å²) in [5.74, 6) is 0.468. The zero-order chi connectivity index (χ0) is 13.1. The van der Waals surface area contributed by atoms with Gasteiger partial charge in [0.25, 0.3) is 0 Å². The molecule has 0 spiro atoms. The van der Waals surface area contributed by atoms with Crippen LogP contribution in [0.1, 0.15) is 26.7 Å². The number of amides is 2. The van der Waals surface area contributed by atoms with E-state index in [1.807, 2.05) is 6.92 Å². The molecule has 0 radical (unpaired) electrons. The SMILES string of the molecule is CCN1CC(C(=O)NC2CCNCC2C)CC1=O.Cl. The van der Waals surface area contributed by atoms with Gasteiger partial charge in [0.05, 0.1) is 5.92 Å². The molecule has 0 aromatic rings. The Labute approximate surface area is 120 Å². The first-order valence-electron chi connectivity index (χ1n) is 6.90. The van der Waals surface area contributed by atoms with Crippen LogP contribution in [0, 0.1) is 11.8 Å². The first-order chi connectivity index (χ1) is 8.61. The van der Waals surface area contributed by atoms with Crippen LogP contribution >= 0.6 is 12.4 Å². The Morgan fingerprint density at radius 1 is 1.53 bits per heavy atom. The Hall–Kier alpha value is -0.810. The van der Waals surface area contributed by atoms with E-state index in [-0.39, 0.29) is 36.2 Å². The van der Waals surface area contributed by atoms with Crippen LogP contribution in [0.2, 0.25) is 0 Å². The lowest BCUT2D eigenvalue weighted by Gasteiger charge is -2.31. The molecule has 2 fully saturated rings. The second-order valence-electron chi connectivity index (χ2n) is 5.42. The number of nitrogens with one attached hydrogen (secondary N) is 2. The van der Waals surface area contributed by atoms with E-state index in [1.165, 1.54) is 0 Å². The van der Waals surface area contributed by atoms with E-state index in [1.54, 1.807) is 4.90 Å². The zero-order valence-corrected chi connectivity index (χ0v) is 12.5. The maximum Gasteiger partial charge on any atom is 0.225 e. The molecule has 2 rings (SSSR count). The Balaban J connectivity index is 0.00000180. The van der Waals surface area contributed by atoms with Gasteiger partial charge in [-0.05, 0) is 32.4 Å². The number of rotatable bonds is 3. The number of hydrogen-bond donors (Lipinski definition) is 2. The molecule has 3 atom stereocenters. The van der Waals surface area contributed by atoms with Crippen molar-refractivity contribution >= 4 is 24.2 Å². The fourth-order valence-electron chi connectivity index (χ4n) is 2.78. The van der Waals surface area contributed by atoms with Crippen molar-refractivity contribution in [3.05, 3.63) is 0 Å². The summed E-state index contributed by atoms with van der Waals surface area (Å²) >= 11 is 0. The molecule has 2 N–H and O–H groups in total. The molecule has 19 heavy (non-hydrogen) atoms. The largest absolute Gasteiger partial charge is 0.353 e. The van der Waals surface area contributed by atoms with E-state index in [0.717, 1.165) is 19.5 Å². The van der Waals surface area contributed by atoms with Gasteiger partial charge in [0.2, 0.25) is 11.8 Å². The second-order valence-corrected chi connectivity index (χ2v) is 5.42. The van der Waals surface area contributed by atoms with Gasteiger partial charge in [0.1, 0.15) is 0 Å². The van der Waals surface area contributed by atoms with Crippen LogP contribution in [0.4, 0.5) is 0 Å².